The van der Waals surface area contributed by atoms with Gasteiger partial charge in [0.15, 0.2) is 0 Å². The minimum atomic E-state index is -0.608. The standard InChI is InChI=1S/C13H11N3O4/c1-8-4-10(2-3-12(8)16(18)19)20-11-5-9(13(14)17)6-15-7-11/h2-7H,1H3,(H2,14,17). The first-order chi connectivity index (χ1) is 9.47. The molecule has 0 bridgehead atoms. The molecule has 0 aliphatic carbocycles. The van der Waals surface area contributed by atoms with Crippen LogP contribution in [0.5, 0.6) is 11.5 Å². The van der Waals surface area contributed by atoms with Gasteiger partial charge in [0.25, 0.3) is 5.69 Å². The largest absolute Gasteiger partial charge is 0.456 e. The summed E-state index contributed by atoms with van der Waals surface area (Å²) in [5.74, 6) is 0.133. The van der Waals surface area contributed by atoms with Crippen LogP contribution in [0.2, 0.25) is 0 Å². The highest BCUT2D eigenvalue weighted by Crippen LogP contribution is 2.27. The van der Waals surface area contributed by atoms with E-state index in [-0.39, 0.29) is 11.3 Å². The third-order valence-corrected chi connectivity index (χ3v) is 2.60. The van der Waals surface area contributed by atoms with Crippen molar-refractivity contribution in [2.45, 2.75) is 6.92 Å². The molecular weight excluding hydrogens is 262 g/mol. The number of ether oxygens (including phenoxy) is 1. The van der Waals surface area contributed by atoms with Crippen molar-refractivity contribution in [3.05, 3.63) is 57.9 Å². The molecule has 1 amide bonds. The van der Waals surface area contributed by atoms with E-state index < -0.39 is 10.8 Å². The summed E-state index contributed by atoms with van der Waals surface area (Å²) in [4.78, 5) is 25.1. The minimum Gasteiger partial charge on any atom is -0.456 e. The van der Waals surface area contributed by atoms with Crippen LogP contribution < -0.4 is 10.5 Å². The molecule has 0 aliphatic rings. The van der Waals surface area contributed by atoms with Crippen LogP contribution >= 0.6 is 0 Å². The van der Waals surface area contributed by atoms with Gasteiger partial charge in [0, 0.05) is 17.8 Å². The number of rotatable bonds is 4. The van der Waals surface area contributed by atoms with Gasteiger partial charge in [-0.1, -0.05) is 0 Å². The third-order valence-electron chi connectivity index (χ3n) is 2.60. The Kier molecular flexibility index (Phi) is 3.60. The molecule has 7 nitrogen and oxygen atoms in total. The molecular formula is C13H11N3O4. The van der Waals surface area contributed by atoms with Crippen molar-refractivity contribution < 1.29 is 14.5 Å². The van der Waals surface area contributed by atoms with Gasteiger partial charge in [-0.3, -0.25) is 19.9 Å². The van der Waals surface area contributed by atoms with E-state index in [1.807, 2.05) is 0 Å². The van der Waals surface area contributed by atoms with Crippen molar-refractivity contribution in [1.29, 1.82) is 0 Å². The van der Waals surface area contributed by atoms with Crippen molar-refractivity contribution >= 4 is 11.6 Å². The topological polar surface area (TPSA) is 108 Å². The van der Waals surface area contributed by atoms with E-state index in [9.17, 15) is 14.9 Å². The number of carbonyl (C=O) groups is 1. The van der Waals surface area contributed by atoms with Gasteiger partial charge in [-0.15, -0.1) is 0 Å². The maximum Gasteiger partial charge on any atom is 0.272 e. The highest BCUT2D eigenvalue weighted by molar-refractivity contribution is 5.92. The maximum atomic E-state index is 11.0. The maximum absolute atomic E-state index is 11.0. The van der Waals surface area contributed by atoms with E-state index in [0.717, 1.165) is 0 Å². The van der Waals surface area contributed by atoms with Gasteiger partial charge in [0.2, 0.25) is 5.91 Å². The van der Waals surface area contributed by atoms with E-state index in [2.05, 4.69) is 4.98 Å². The molecule has 0 spiro atoms. The average molecular weight is 273 g/mol. The van der Waals surface area contributed by atoms with Gasteiger partial charge >= 0.3 is 0 Å². The van der Waals surface area contributed by atoms with E-state index in [1.54, 1.807) is 6.92 Å². The second-order valence-corrected chi connectivity index (χ2v) is 4.08. The molecule has 102 valence electrons. The monoisotopic (exact) mass is 273 g/mol. The molecule has 2 rings (SSSR count). The first kappa shape index (κ1) is 13.5. The van der Waals surface area contributed by atoms with Crippen LogP contribution in [0, 0.1) is 17.0 Å². The Balaban J connectivity index is 2.26. The molecule has 0 saturated heterocycles. The number of nitro groups is 1. The van der Waals surface area contributed by atoms with E-state index in [1.165, 1.54) is 36.7 Å². The molecule has 0 radical (unpaired) electrons. The molecule has 0 unspecified atom stereocenters. The quantitative estimate of drug-likeness (QED) is 0.678. The fraction of sp³-hybridized carbons (Fsp3) is 0.0769. The number of nitrogens with two attached hydrogens (primary N) is 1. The van der Waals surface area contributed by atoms with E-state index in [0.29, 0.717) is 17.1 Å². The van der Waals surface area contributed by atoms with Crippen LogP contribution in [0.4, 0.5) is 5.69 Å². The Morgan fingerprint density at radius 3 is 2.65 bits per heavy atom. The van der Waals surface area contributed by atoms with Crippen molar-refractivity contribution in [1.82, 2.24) is 4.98 Å². The molecule has 2 aromatic rings. The number of hydrogen-bond donors (Lipinski definition) is 1. The van der Waals surface area contributed by atoms with Gasteiger partial charge in [-0.2, -0.15) is 0 Å². The predicted molar refractivity (Wildman–Crippen MR) is 70.7 cm³/mol. The number of pyridine rings is 1. The summed E-state index contributed by atoms with van der Waals surface area (Å²) in [6.07, 6.45) is 2.75. The lowest BCUT2D eigenvalue weighted by atomic mass is 10.2. The van der Waals surface area contributed by atoms with Gasteiger partial charge in [0.1, 0.15) is 11.5 Å². The number of nitrogens with zero attached hydrogens (tertiary/aromatic N) is 2. The normalized spacial score (nSPS) is 10.1. The molecule has 1 aromatic carbocycles. The SMILES string of the molecule is Cc1cc(Oc2cncc(C(N)=O)c2)ccc1[N+](=O)[O-]. The number of benzene rings is 1. The van der Waals surface area contributed by atoms with Crippen LogP contribution in [0.15, 0.2) is 36.7 Å². The molecule has 0 saturated carbocycles. The summed E-state index contributed by atoms with van der Waals surface area (Å²) in [6.45, 7) is 1.61. The molecule has 7 heteroatoms. The van der Waals surface area contributed by atoms with E-state index in [4.69, 9.17) is 10.5 Å². The van der Waals surface area contributed by atoms with Crippen LogP contribution in [0.25, 0.3) is 0 Å². The number of aryl methyl sites for hydroxylation is 1. The number of hydrogen-bond acceptors (Lipinski definition) is 5. The summed E-state index contributed by atoms with van der Waals surface area (Å²) in [5, 5.41) is 10.7. The molecule has 0 aliphatic heterocycles. The molecule has 0 fully saturated rings. The highest BCUT2D eigenvalue weighted by atomic mass is 16.6. The number of nitro benzene ring substituents is 1. The number of amides is 1. The first-order valence-electron chi connectivity index (χ1n) is 5.65. The van der Waals surface area contributed by atoms with Crippen molar-refractivity contribution in [2.75, 3.05) is 0 Å². The van der Waals surface area contributed by atoms with E-state index >= 15 is 0 Å². The molecule has 2 N–H and O–H groups in total. The Labute approximate surface area is 114 Å². The summed E-state index contributed by atoms with van der Waals surface area (Å²) in [7, 11) is 0. The van der Waals surface area contributed by atoms with Crippen LogP contribution in [-0.2, 0) is 0 Å². The van der Waals surface area contributed by atoms with Gasteiger partial charge < -0.3 is 10.5 Å². The zero-order valence-electron chi connectivity index (χ0n) is 10.6. The summed E-state index contributed by atoms with van der Waals surface area (Å²) in [5.41, 5.74) is 5.86. The minimum absolute atomic E-state index is 0.0151. The average Bonchev–Trinajstić information content (AvgIpc) is 2.38. The van der Waals surface area contributed by atoms with Gasteiger partial charge in [-0.25, -0.2) is 0 Å². The summed E-state index contributed by atoms with van der Waals surface area (Å²) < 4.78 is 5.49. The first-order valence-corrected chi connectivity index (χ1v) is 5.65. The van der Waals surface area contributed by atoms with Crippen LogP contribution in [-0.4, -0.2) is 15.8 Å². The number of aromatic nitrogens is 1. The third kappa shape index (κ3) is 2.89. The lowest BCUT2D eigenvalue weighted by Gasteiger charge is -2.07. The Morgan fingerprint density at radius 2 is 2.05 bits per heavy atom. The molecule has 20 heavy (non-hydrogen) atoms. The van der Waals surface area contributed by atoms with Crippen molar-refractivity contribution in [3.63, 3.8) is 0 Å². The number of primary amides is 1. The second kappa shape index (κ2) is 5.35. The summed E-state index contributed by atoms with van der Waals surface area (Å²) in [6, 6.07) is 5.82. The summed E-state index contributed by atoms with van der Waals surface area (Å²) >= 11 is 0. The fourth-order valence-electron chi connectivity index (χ4n) is 1.64. The van der Waals surface area contributed by atoms with Gasteiger partial charge in [-0.05, 0) is 25.1 Å². The van der Waals surface area contributed by atoms with Crippen LogP contribution in [0.1, 0.15) is 15.9 Å². The molecule has 1 aromatic heterocycles. The predicted octanol–water partition coefficient (Wildman–Crippen LogP) is 2.19. The van der Waals surface area contributed by atoms with Crippen LogP contribution in [0.3, 0.4) is 0 Å². The van der Waals surface area contributed by atoms with Gasteiger partial charge in [0.05, 0.1) is 16.7 Å². The Morgan fingerprint density at radius 1 is 1.30 bits per heavy atom. The number of carbonyl (C=O) groups excluding carboxylic acids is 1. The Hall–Kier alpha value is -2.96. The van der Waals surface area contributed by atoms with Crippen molar-refractivity contribution in [2.24, 2.45) is 5.73 Å². The van der Waals surface area contributed by atoms with Crippen molar-refractivity contribution in [3.8, 4) is 11.5 Å². The highest BCUT2D eigenvalue weighted by Gasteiger charge is 2.11. The molecule has 0 atom stereocenters. The fourth-order valence-corrected chi connectivity index (χ4v) is 1.64. The Bertz CT molecular complexity index is 685. The second-order valence-electron chi connectivity index (χ2n) is 4.08. The lowest BCUT2D eigenvalue weighted by Crippen LogP contribution is -2.11. The smallest absolute Gasteiger partial charge is 0.272 e. The zero-order valence-corrected chi connectivity index (χ0v) is 10.6. The molecule has 1 heterocycles. The lowest BCUT2D eigenvalue weighted by molar-refractivity contribution is -0.385. The zero-order chi connectivity index (χ0) is 14.7.